The van der Waals surface area contributed by atoms with Crippen LogP contribution in [0.3, 0.4) is 0 Å². The number of hydrogen-bond donors (Lipinski definition) is 1. The second-order valence-corrected chi connectivity index (χ2v) is 7.85. The quantitative estimate of drug-likeness (QED) is 0.840. The summed E-state index contributed by atoms with van der Waals surface area (Å²) in [5, 5.41) is 3.26. The standard InChI is InChI=1S/C19H27N3O2S/c1-6-14-9-7-8-10-15(14)21-17(23)11-16-18(24)22(13(4)5)19(25-16)20-12(2)3/h7-10,12-13,16H,6,11H2,1-5H3,(H,21,23). The number of amidine groups is 1. The van der Waals surface area contributed by atoms with Crippen molar-refractivity contribution in [3.63, 3.8) is 0 Å². The first-order chi connectivity index (χ1) is 11.8. The van der Waals surface area contributed by atoms with Gasteiger partial charge in [0.25, 0.3) is 0 Å². The molecule has 2 amide bonds. The highest BCUT2D eigenvalue weighted by Crippen LogP contribution is 2.32. The average Bonchev–Trinajstić information content (AvgIpc) is 2.82. The van der Waals surface area contributed by atoms with Crippen LogP contribution in [0.25, 0.3) is 0 Å². The number of carbonyl (C=O) groups excluding carboxylic acids is 2. The fourth-order valence-corrected chi connectivity index (χ4v) is 4.11. The third-order valence-electron chi connectivity index (χ3n) is 3.89. The molecule has 1 aliphatic heterocycles. The van der Waals surface area contributed by atoms with Gasteiger partial charge >= 0.3 is 0 Å². The lowest BCUT2D eigenvalue weighted by molar-refractivity contribution is -0.129. The average molecular weight is 362 g/mol. The van der Waals surface area contributed by atoms with E-state index in [1.165, 1.54) is 11.8 Å². The first-order valence-electron chi connectivity index (χ1n) is 8.78. The number of aryl methyl sites for hydroxylation is 1. The van der Waals surface area contributed by atoms with Crippen LogP contribution in [0.2, 0.25) is 0 Å². The molecule has 1 atom stereocenters. The normalized spacial score (nSPS) is 19.3. The number of rotatable bonds is 6. The summed E-state index contributed by atoms with van der Waals surface area (Å²) in [5.41, 5.74) is 1.91. The zero-order valence-electron chi connectivity index (χ0n) is 15.6. The molecule has 6 heteroatoms. The molecular formula is C19H27N3O2S. The fraction of sp³-hybridized carbons (Fsp3) is 0.526. The molecule has 1 aliphatic rings. The molecule has 0 saturated carbocycles. The minimum absolute atomic E-state index is 0.0293. The maximum atomic E-state index is 12.7. The van der Waals surface area contributed by atoms with Gasteiger partial charge in [-0.25, -0.2) is 0 Å². The molecule has 25 heavy (non-hydrogen) atoms. The molecule has 1 heterocycles. The van der Waals surface area contributed by atoms with E-state index in [1.54, 1.807) is 4.90 Å². The summed E-state index contributed by atoms with van der Waals surface area (Å²) in [7, 11) is 0. The van der Waals surface area contributed by atoms with Crippen LogP contribution in [0, 0.1) is 0 Å². The Morgan fingerprint density at radius 3 is 2.56 bits per heavy atom. The molecule has 0 bridgehead atoms. The molecule has 1 N–H and O–H groups in total. The number of amides is 2. The lowest BCUT2D eigenvalue weighted by atomic mass is 10.1. The number of nitrogens with one attached hydrogen (secondary N) is 1. The number of benzene rings is 1. The Labute approximate surface area is 154 Å². The summed E-state index contributed by atoms with van der Waals surface area (Å²) in [4.78, 5) is 31.4. The van der Waals surface area contributed by atoms with Crippen molar-refractivity contribution >= 4 is 34.4 Å². The molecule has 1 fully saturated rings. The lowest BCUT2D eigenvalue weighted by Gasteiger charge is -2.21. The number of hydrogen-bond acceptors (Lipinski definition) is 4. The largest absolute Gasteiger partial charge is 0.326 e. The van der Waals surface area contributed by atoms with Crippen molar-refractivity contribution in [2.75, 3.05) is 5.32 Å². The smallest absolute Gasteiger partial charge is 0.242 e. The number of thioether (sulfide) groups is 1. The SMILES string of the molecule is CCc1ccccc1NC(=O)CC1SC(=NC(C)C)N(C(C)C)C1=O. The van der Waals surface area contributed by atoms with E-state index in [2.05, 4.69) is 17.2 Å². The highest BCUT2D eigenvalue weighted by molar-refractivity contribution is 8.15. The van der Waals surface area contributed by atoms with Crippen molar-refractivity contribution in [1.82, 2.24) is 4.90 Å². The van der Waals surface area contributed by atoms with E-state index in [0.717, 1.165) is 22.8 Å². The highest BCUT2D eigenvalue weighted by Gasteiger charge is 2.40. The molecule has 0 spiro atoms. The van der Waals surface area contributed by atoms with Crippen LogP contribution in [0.5, 0.6) is 0 Å². The second kappa shape index (κ2) is 8.52. The molecule has 0 aromatic heterocycles. The molecule has 0 aliphatic carbocycles. The zero-order valence-corrected chi connectivity index (χ0v) is 16.4. The van der Waals surface area contributed by atoms with Crippen molar-refractivity contribution in [2.45, 2.75) is 64.8 Å². The van der Waals surface area contributed by atoms with E-state index in [9.17, 15) is 9.59 Å². The molecule has 1 aromatic carbocycles. The fourth-order valence-electron chi connectivity index (χ4n) is 2.72. The minimum atomic E-state index is -0.409. The lowest BCUT2D eigenvalue weighted by Crippen LogP contribution is -2.38. The van der Waals surface area contributed by atoms with Crippen LogP contribution in [0.4, 0.5) is 5.69 Å². The van der Waals surface area contributed by atoms with Crippen LogP contribution < -0.4 is 5.32 Å². The molecule has 2 rings (SSSR count). The summed E-state index contributed by atoms with van der Waals surface area (Å²) in [6.45, 7) is 9.95. The van der Waals surface area contributed by atoms with Crippen LogP contribution in [0.15, 0.2) is 29.3 Å². The summed E-state index contributed by atoms with van der Waals surface area (Å²) >= 11 is 1.40. The molecule has 0 radical (unpaired) electrons. The van der Waals surface area contributed by atoms with E-state index < -0.39 is 5.25 Å². The Hall–Kier alpha value is -1.82. The Bertz CT molecular complexity index is 670. The van der Waals surface area contributed by atoms with Gasteiger partial charge in [0.15, 0.2) is 5.17 Å². The summed E-state index contributed by atoms with van der Waals surface area (Å²) in [5.74, 6) is -0.167. The molecule has 136 valence electrons. The van der Waals surface area contributed by atoms with Crippen molar-refractivity contribution < 1.29 is 9.59 Å². The van der Waals surface area contributed by atoms with Gasteiger partial charge in [-0.1, -0.05) is 36.9 Å². The molecule has 1 saturated heterocycles. The highest BCUT2D eigenvalue weighted by atomic mass is 32.2. The van der Waals surface area contributed by atoms with Crippen molar-refractivity contribution in [1.29, 1.82) is 0 Å². The van der Waals surface area contributed by atoms with Gasteiger partial charge in [0, 0.05) is 24.2 Å². The van der Waals surface area contributed by atoms with Gasteiger partial charge in [-0.2, -0.15) is 0 Å². The molecular weight excluding hydrogens is 334 g/mol. The van der Waals surface area contributed by atoms with E-state index in [1.807, 2.05) is 52.0 Å². The number of carbonyl (C=O) groups is 2. The van der Waals surface area contributed by atoms with Gasteiger partial charge in [0.1, 0.15) is 5.25 Å². The minimum Gasteiger partial charge on any atom is -0.326 e. The monoisotopic (exact) mass is 361 g/mol. The van der Waals surface area contributed by atoms with Crippen LogP contribution in [-0.2, 0) is 16.0 Å². The van der Waals surface area contributed by atoms with E-state index in [4.69, 9.17) is 0 Å². The Kier molecular flexibility index (Phi) is 6.64. The topological polar surface area (TPSA) is 61.8 Å². The van der Waals surface area contributed by atoms with E-state index in [0.29, 0.717) is 0 Å². The van der Waals surface area contributed by atoms with Crippen LogP contribution in [-0.4, -0.2) is 39.2 Å². The van der Waals surface area contributed by atoms with Gasteiger partial charge in [-0.05, 0) is 45.7 Å². The van der Waals surface area contributed by atoms with Crippen LogP contribution in [0.1, 0.15) is 46.6 Å². The van der Waals surface area contributed by atoms with Crippen molar-refractivity contribution in [2.24, 2.45) is 4.99 Å². The molecule has 1 aromatic rings. The number of anilines is 1. The summed E-state index contributed by atoms with van der Waals surface area (Å²) in [6.07, 6.45) is 1.00. The third-order valence-corrected chi connectivity index (χ3v) is 5.06. The first kappa shape index (κ1) is 19.5. The van der Waals surface area contributed by atoms with Crippen molar-refractivity contribution in [3.8, 4) is 0 Å². The van der Waals surface area contributed by atoms with Gasteiger partial charge in [-0.15, -0.1) is 0 Å². The Balaban J connectivity index is 2.09. The van der Waals surface area contributed by atoms with Crippen molar-refractivity contribution in [3.05, 3.63) is 29.8 Å². The zero-order chi connectivity index (χ0) is 18.6. The number of para-hydroxylation sites is 1. The maximum absolute atomic E-state index is 12.7. The van der Waals surface area contributed by atoms with Gasteiger partial charge in [0.05, 0.1) is 0 Å². The molecule has 1 unspecified atom stereocenters. The predicted molar refractivity (Wildman–Crippen MR) is 105 cm³/mol. The summed E-state index contributed by atoms with van der Waals surface area (Å²) < 4.78 is 0. The predicted octanol–water partition coefficient (Wildman–Crippen LogP) is 3.69. The number of nitrogens with zero attached hydrogens (tertiary/aromatic N) is 2. The van der Waals surface area contributed by atoms with E-state index in [-0.39, 0.29) is 30.3 Å². The van der Waals surface area contributed by atoms with Gasteiger partial charge in [0.2, 0.25) is 11.8 Å². The summed E-state index contributed by atoms with van der Waals surface area (Å²) in [6, 6.07) is 7.90. The number of aliphatic imine (C=N–C) groups is 1. The Morgan fingerprint density at radius 1 is 1.28 bits per heavy atom. The first-order valence-corrected chi connectivity index (χ1v) is 9.66. The van der Waals surface area contributed by atoms with Gasteiger partial charge in [-0.3, -0.25) is 19.5 Å². The molecule has 5 nitrogen and oxygen atoms in total. The van der Waals surface area contributed by atoms with Crippen LogP contribution >= 0.6 is 11.8 Å². The maximum Gasteiger partial charge on any atom is 0.242 e. The van der Waals surface area contributed by atoms with Gasteiger partial charge < -0.3 is 5.32 Å². The second-order valence-electron chi connectivity index (χ2n) is 6.68. The third kappa shape index (κ3) is 4.84. The Morgan fingerprint density at radius 2 is 1.96 bits per heavy atom. The van der Waals surface area contributed by atoms with E-state index >= 15 is 0 Å².